The molecule has 6 heteroatoms. The molecule has 0 aromatic heterocycles. The molecule has 2 aromatic rings. The van der Waals surface area contributed by atoms with Gasteiger partial charge in [-0.15, -0.1) is 0 Å². The molecule has 2 N–H and O–H groups in total. The summed E-state index contributed by atoms with van der Waals surface area (Å²) >= 11 is 5.82. The van der Waals surface area contributed by atoms with Crippen LogP contribution in [0.25, 0.3) is 0 Å². The van der Waals surface area contributed by atoms with E-state index in [0.29, 0.717) is 22.7 Å². The Morgan fingerprint density at radius 2 is 1.80 bits per heavy atom. The average molecular weight is 363 g/mol. The lowest BCUT2D eigenvalue weighted by Gasteiger charge is -2.20. The van der Waals surface area contributed by atoms with Gasteiger partial charge in [0.25, 0.3) is 5.91 Å². The first-order valence-corrected chi connectivity index (χ1v) is 8.36. The summed E-state index contributed by atoms with van der Waals surface area (Å²) in [5.74, 6) is -1.00. The van der Waals surface area contributed by atoms with Crippen molar-refractivity contribution in [3.8, 4) is 0 Å². The van der Waals surface area contributed by atoms with Gasteiger partial charge in [-0.25, -0.2) is 4.39 Å². The second-order valence-corrected chi connectivity index (χ2v) is 6.60. The number of halogens is 2. The zero-order chi connectivity index (χ0) is 18.4. The predicted octanol–water partition coefficient (Wildman–Crippen LogP) is 4.26. The van der Waals surface area contributed by atoms with Gasteiger partial charge in [-0.2, -0.15) is 0 Å². The number of rotatable bonds is 6. The first-order chi connectivity index (χ1) is 11.8. The van der Waals surface area contributed by atoms with Crippen LogP contribution in [0.1, 0.15) is 30.6 Å². The summed E-state index contributed by atoms with van der Waals surface area (Å²) in [6, 6.07) is 11.3. The molecule has 1 atom stereocenters. The molecule has 0 heterocycles. The van der Waals surface area contributed by atoms with Crippen molar-refractivity contribution in [2.75, 3.05) is 5.32 Å². The van der Waals surface area contributed by atoms with Gasteiger partial charge in [0, 0.05) is 16.3 Å². The molecule has 2 rings (SSSR count). The van der Waals surface area contributed by atoms with Gasteiger partial charge in [-0.1, -0.05) is 31.5 Å². The molecule has 0 spiro atoms. The molecule has 0 saturated heterocycles. The largest absolute Gasteiger partial charge is 0.340 e. The van der Waals surface area contributed by atoms with Gasteiger partial charge >= 0.3 is 0 Å². The monoisotopic (exact) mass is 362 g/mol. The summed E-state index contributed by atoms with van der Waals surface area (Å²) in [6.07, 6.45) is 0.459. The number of carbonyl (C=O) groups is 2. The van der Waals surface area contributed by atoms with Crippen LogP contribution in [0, 0.1) is 11.7 Å². The molecule has 4 nitrogen and oxygen atoms in total. The topological polar surface area (TPSA) is 58.2 Å². The Morgan fingerprint density at radius 3 is 2.40 bits per heavy atom. The molecule has 0 fully saturated rings. The van der Waals surface area contributed by atoms with Crippen LogP contribution in [-0.4, -0.2) is 17.9 Å². The average Bonchev–Trinajstić information content (AvgIpc) is 2.54. The SMILES string of the molecule is CC(C)CC(NC(=O)c1ccc(Cl)cc1)C(=O)Nc1cccc(F)c1. The lowest BCUT2D eigenvalue weighted by Crippen LogP contribution is -2.44. The van der Waals surface area contributed by atoms with E-state index in [-0.39, 0.29) is 17.7 Å². The number of benzene rings is 2. The maximum Gasteiger partial charge on any atom is 0.251 e. The van der Waals surface area contributed by atoms with E-state index in [1.807, 2.05) is 13.8 Å². The van der Waals surface area contributed by atoms with Crippen molar-refractivity contribution >= 4 is 29.1 Å². The first-order valence-electron chi connectivity index (χ1n) is 7.98. The Morgan fingerprint density at radius 1 is 1.12 bits per heavy atom. The summed E-state index contributed by atoms with van der Waals surface area (Å²) in [5.41, 5.74) is 0.760. The van der Waals surface area contributed by atoms with Gasteiger partial charge in [-0.05, 0) is 54.8 Å². The van der Waals surface area contributed by atoms with Gasteiger partial charge in [0.1, 0.15) is 11.9 Å². The number of hydrogen-bond donors (Lipinski definition) is 2. The van der Waals surface area contributed by atoms with Gasteiger partial charge in [-0.3, -0.25) is 9.59 Å². The second-order valence-electron chi connectivity index (χ2n) is 6.16. The van der Waals surface area contributed by atoms with E-state index in [4.69, 9.17) is 11.6 Å². The van der Waals surface area contributed by atoms with Crippen LogP contribution >= 0.6 is 11.6 Å². The zero-order valence-corrected chi connectivity index (χ0v) is 14.8. The van der Waals surface area contributed by atoms with E-state index in [1.165, 1.54) is 18.2 Å². The fourth-order valence-corrected chi connectivity index (χ4v) is 2.47. The van der Waals surface area contributed by atoms with E-state index in [2.05, 4.69) is 10.6 Å². The van der Waals surface area contributed by atoms with Gasteiger partial charge < -0.3 is 10.6 Å². The molecule has 0 bridgehead atoms. The Balaban J connectivity index is 2.10. The Hall–Kier alpha value is -2.40. The molecular weight excluding hydrogens is 343 g/mol. The minimum Gasteiger partial charge on any atom is -0.340 e. The van der Waals surface area contributed by atoms with Gasteiger partial charge in [0.05, 0.1) is 0 Å². The fourth-order valence-electron chi connectivity index (χ4n) is 2.34. The molecule has 25 heavy (non-hydrogen) atoms. The molecule has 0 aliphatic heterocycles. The lowest BCUT2D eigenvalue weighted by molar-refractivity contribution is -0.118. The maximum atomic E-state index is 13.3. The lowest BCUT2D eigenvalue weighted by atomic mass is 10.0. The van der Waals surface area contributed by atoms with E-state index < -0.39 is 11.9 Å². The van der Waals surface area contributed by atoms with Crippen LogP contribution in [0.3, 0.4) is 0 Å². The van der Waals surface area contributed by atoms with Crippen molar-refractivity contribution in [3.63, 3.8) is 0 Å². The van der Waals surface area contributed by atoms with Crippen LogP contribution in [0.5, 0.6) is 0 Å². The molecule has 0 radical (unpaired) electrons. The zero-order valence-electron chi connectivity index (χ0n) is 14.1. The highest BCUT2D eigenvalue weighted by atomic mass is 35.5. The van der Waals surface area contributed by atoms with Gasteiger partial charge in [0.15, 0.2) is 0 Å². The number of nitrogens with one attached hydrogen (secondary N) is 2. The molecule has 0 aliphatic rings. The third-order valence-corrected chi connectivity index (χ3v) is 3.78. The van der Waals surface area contributed by atoms with Crippen molar-refractivity contribution in [3.05, 3.63) is 64.9 Å². The summed E-state index contributed by atoms with van der Waals surface area (Å²) in [7, 11) is 0. The quantitative estimate of drug-likeness (QED) is 0.806. The number of anilines is 1. The van der Waals surface area contributed by atoms with Crippen molar-refractivity contribution in [2.24, 2.45) is 5.92 Å². The molecule has 0 aliphatic carbocycles. The van der Waals surface area contributed by atoms with Crippen molar-refractivity contribution in [1.29, 1.82) is 0 Å². The van der Waals surface area contributed by atoms with Crippen molar-refractivity contribution < 1.29 is 14.0 Å². The molecule has 1 unspecified atom stereocenters. The number of amides is 2. The highest BCUT2D eigenvalue weighted by molar-refractivity contribution is 6.30. The minimum atomic E-state index is -0.730. The maximum absolute atomic E-state index is 13.3. The van der Waals surface area contributed by atoms with Crippen molar-refractivity contribution in [1.82, 2.24) is 5.32 Å². The molecular formula is C19H20ClFN2O2. The molecule has 2 amide bonds. The summed E-state index contributed by atoms with van der Waals surface area (Å²) < 4.78 is 13.3. The van der Waals surface area contributed by atoms with Crippen LogP contribution in [-0.2, 0) is 4.79 Å². The smallest absolute Gasteiger partial charge is 0.251 e. The molecule has 2 aromatic carbocycles. The normalized spacial score (nSPS) is 11.9. The van der Waals surface area contributed by atoms with E-state index in [9.17, 15) is 14.0 Å². The molecule has 132 valence electrons. The highest BCUT2D eigenvalue weighted by Crippen LogP contribution is 2.14. The highest BCUT2D eigenvalue weighted by Gasteiger charge is 2.22. The third kappa shape index (κ3) is 5.87. The first kappa shape index (κ1) is 18.9. The fraction of sp³-hybridized carbons (Fsp3) is 0.263. The van der Waals surface area contributed by atoms with Crippen LogP contribution < -0.4 is 10.6 Å². The number of carbonyl (C=O) groups excluding carboxylic acids is 2. The third-order valence-electron chi connectivity index (χ3n) is 3.53. The summed E-state index contributed by atoms with van der Waals surface area (Å²) in [4.78, 5) is 24.9. The van der Waals surface area contributed by atoms with Gasteiger partial charge in [0.2, 0.25) is 5.91 Å². The second kappa shape index (κ2) is 8.62. The standard InChI is InChI=1S/C19H20ClFN2O2/c1-12(2)10-17(19(25)22-16-5-3-4-15(21)11-16)23-18(24)13-6-8-14(20)9-7-13/h3-9,11-12,17H,10H2,1-2H3,(H,22,25)(H,23,24). The summed E-state index contributed by atoms with van der Waals surface area (Å²) in [6.45, 7) is 3.91. The summed E-state index contributed by atoms with van der Waals surface area (Å²) in [5, 5.41) is 5.90. The Bertz CT molecular complexity index is 747. The number of hydrogen-bond acceptors (Lipinski definition) is 2. The van der Waals surface area contributed by atoms with Crippen LogP contribution in [0.2, 0.25) is 5.02 Å². The Kier molecular flexibility index (Phi) is 6.53. The molecule has 0 saturated carbocycles. The van der Waals surface area contributed by atoms with Crippen LogP contribution in [0.15, 0.2) is 48.5 Å². The minimum absolute atomic E-state index is 0.189. The predicted molar refractivity (Wildman–Crippen MR) is 97.2 cm³/mol. The van der Waals surface area contributed by atoms with Crippen LogP contribution in [0.4, 0.5) is 10.1 Å². The van der Waals surface area contributed by atoms with E-state index in [1.54, 1.807) is 30.3 Å². The van der Waals surface area contributed by atoms with E-state index in [0.717, 1.165) is 0 Å². The van der Waals surface area contributed by atoms with E-state index >= 15 is 0 Å². The van der Waals surface area contributed by atoms with Crippen molar-refractivity contribution in [2.45, 2.75) is 26.3 Å². The Labute approximate surface area is 151 Å².